The smallest absolute Gasteiger partial charge is 0.326 e. The number of carbonyl (C=O) groups is 2. The molecule has 0 radical (unpaired) electrons. The first kappa shape index (κ1) is 17.0. The summed E-state index contributed by atoms with van der Waals surface area (Å²) >= 11 is 0. The molecule has 2 fully saturated rings. The maximum absolute atomic E-state index is 12.4. The SMILES string of the molecule is COC(=O)[C@H]1CN(C(=O)N2CCOCC2)CCN1S(C)(=O)=O. The minimum Gasteiger partial charge on any atom is -0.468 e. The summed E-state index contributed by atoms with van der Waals surface area (Å²) in [5.41, 5.74) is 0. The van der Waals surface area contributed by atoms with Crippen LogP contribution in [-0.2, 0) is 24.3 Å². The molecule has 0 saturated carbocycles. The minimum atomic E-state index is -3.54. The number of carbonyl (C=O) groups excluding carboxylic acids is 2. The van der Waals surface area contributed by atoms with E-state index < -0.39 is 22.0 Å². The molecule has 0 unspecified atom stereocenters. The van der Waals surface area contributed by atoms with Gasteiger partial charge in [0.25, 0.3) is 0 Å². The Morgan fingerprint density at radius 1 is 1.09 bits per heavy atom. The van der Waals surface area contributed by atoms with E-state index in [-0.39, 0.29) is 25.7 Å². The summed E-state index contributed by atoms with van der Waals surface area (Å²) in [6.07, 6.45) is 1.04. The molecule has 0 N–H and O–H groups in total. The third-order valence-corrected chi connectivity index (χ3v) is 5.07. The largest absolute Gasteiger partial charge is 0.468 e. The Morgan fingerprint density at radius 3 is 2.27 bits per heavy atom. The summed E-state index contributed by atoms with van der Waals surface area (Å²) in [4.78, 5) is 27.5. The fraction of sp³-hybridized carbons (Fsp3) is 0.833. The highest BCUT2D eigenvalue weighted by atomic mass is 32.2. The normalized spacial score (nSPS) is 24.2. The van der Waals surface area contributed by atoms with Crippen molar-refractivity contribution in [3.05, 3.63) is 0 Å². The fourth-order valence-electron chi connectivity index (χ4n) is 2.62. The molecule has 0 aromatic rings. The van der Waals surface area contributed by atoms with E-state index in [2.05, 4.69) is 4.74 Å². The molecule has 2 heterocycles. The van der Waals surface area contributed by atoms with Crippen LogP contribution >= 0.6 is 0 Å². The van der Waals surface area contributed by atoms with E-state index in [1.807, 2.05) is 0 Å². The number of hydrogen-bond acceptors (Lipinski definition) is 6. The lowest BCUT2D eigenvalue weighted by Gasteiger charge is -2.40. The van der Waals surface area contributed by atoms with E-state index in [9.17, 15) is 18.0 Å². The first-order valence-corrected chi connectivity index (χ1v) is 8.85. The van der Waals surface area contributed by atoms with Crippen molar-refractivity contribution in [1.82, 2.24) is 14.1 Å². The van der Waals surface area contributed by atoms with Crippen LogP contribution in [0.5, 0.6) is 0 Å². The molecule has 2 saturated heterocycles. The van der Waals surface area contributed by atoms with Gasteiger partial charge in [-0.25, -0.2) is 13.2 Å². The summed E-state index contributed by atoms with van der Waals surface area (Å²) < 4.78 is 34.5. The standard InChI is InChI=1S/C12H21N3O6S/c1-20-11(16)10-9-14(3-4-15(10)22(2,18)19)12(17)13-5-7-21-8-6-13/h10H,3-9H2,1-2H3/t10-/m1/s1. The van der Waals surface area contributed by atoms with Crippen molar-refractivity contribution in [3.63, 3.8) is 0 Å². The van der Waals surface area contributed by atoms with Crippen molar-refractivity contribution in [2.45, 2.75) is 6.04 Å². The molecule has 10 heteroatoms. The van der Waals surface area contributed by atoms with Crippen LogP contribution in [-0.4, -0.2) is 99.9 Å². The van der Waals surface area contributed by atoms with Crippen LogP contribution in [0.15, 0.2) is 0 Å². The summed E-state index contributed by atoms with van der Waals surface area (Å²) in [5, 5.41) is 0. The van der Waals surface area contributed by atoms with Crippen molar-refractivity contribution < 1.29 is 27.5 Å². The lowest BCUT2D eigenvalue weighted by atomic mass is 10.2. The topological polar surface area (TPSA) is 96.5 Å². The van der Waals surface area contributed by atoms with Crippen LogP contribution in [0.2, 0.25) is 0 Å². The van der Waals surface area contributed by atoms with Gasteiger partial charge in [0, 0.05) is 32.7 Å². The number of rotatable bonds is 2. The van der Waals surface area contributed by atoms with Crippen molar-refractivity contribution in [1.29, 1.82) is 0 Å². The number of methoxy groups -OCH3 is 1. The predicted molar refractivity (Wildman–Crippen MR) is 76.7 cm³/mol. The van der Waals surface area contributed by atoms with Crippen molar-refractivity contribution in [2.24, 2.45) is 0 Å². The molecule has 1 atom stereocenters. The van der Waals surface area contributed by atoms with Crippen molar-refractivity contribution >= 4 is 22.0 Å². The first-order chi connectivity index (χ1) is 10.3. The average molecular weight is 335 g/mol. The monoisotopic (exact) mass is 335 g/mol. The molecule has 126 valence electrons. The quantitative estimate of drug-likeness (QED) is 0.573. The summed E-state index contributed by atoms with van der Waals surface area (Å²) in [7, 11) is -2.34. The van der Waals surface area contributed by atoms with Crippen LogP contribution < -0.4 is 0 Å². The van der Waals surface area contributed by atoms with Gasteiger partial charge >= 0.3 is 12.0 Å². The highest BCUT2D eigenvalue weighted by Crippen LogP contribution is 2.17. The van der Waals surface area contributed by atoms with E-state index in [0.29, 0.717) is 26.3 Å². The second-order valence-electron chi connectivity index (χ2n) is 5.24. The third kappa shape index (κ3) is 3.68. The van der Waals surface area contributed by atoms with Gasteiger partial charge in [0.2, 0.25) is 10.0 Å². The third-order valence-electron chi connectivity index (χ3n) is 3.78. The number of sulfonamides is 1. The van der Waals surface area contributed by atoms with E-state index >= 15 is 0 Å². The number of piperazine rings is 1. The van der Waals surface area contributed by atoms with Gasteiger partial charge in [0.15, 0.2) is 0 Å². The maximum Gasteiger partial charge on any atom is 0.326 e. The number of esters is 1. The van der Waals surface area contributed by atoms with Crippen LogP contribution in [0.1, 0.15) is 0 Å². The van der Waals surface area contributed by atoms with Crippen LogP contribution in [0.25, 0.3) is 0 Å². The Hall–Kier alpha value is -1.39. The first-order valence-electron chi connectivity index (χ1n) is 7.01. The van der Waals surface area contributed by atoms with Gasteiger partial charge in [-0.15, -0.1) is 0 Å². The summed E-state index contributed by atoms with van der Waals surface area (Å²) in [5.74, 6) is -0.662. The Labute approximate surface area is 129 Å². The second kappa shape index (κ2) is 6.80. The highest BCUT2D eigenvalue weighted by Gasteiger charge is 2.40. The molecule has 2 rings (SSSR count). The highest BCUT2D eigenvalue weighted by molar-refractivity contribution is 7.88. The molecule has 0 bridgehead atoms. The van der Waals surface area contributed by atoms with Crippen LogP contribution in [0, 0.1) is 0 Å². The number of hydrogen-bond donors (Lipinski definition) is 0. The van der Waals surface area contributed by atoms with Crippen LogP contribution in [0.3, 0.4) is 0 Å². The van der Waals surface area contributed by atoms with Gasteiger partial charge in [-0.2, -0.15) is 4.31 Å². The average Bonchev–Trinajstić information content (AvgIpc) is 2.52. The van der Waals surface area contributed by atoms with E-state index in [4.69, 9.17) is 4.74 Å². The lowest BCUT2D eigenvalue weighted by Crippen LogP contribution is -2.61. The Balaban J connectivity index is 2.10. The summed E-state index contributed by atoms with van der Waals surface area (Å²) in [6, 6.07) is -1.20. The molecular weight excluding hydrogens is 314 g/mol. The van der Waals surface area contributed by atoms with Gasteiger partial charge in [0.05, 0.1) is 26.6 Å². The van der Waals surface area contributed by atoms with E-state index in [1.54, 1.807) is 4.90 Å². The molecule has 2 aliphatic rings. The number of morpholine rings is 1. The zero-order chi connectivity index (χ0) is 16.3. The van der Waals surface area contributed by atoms with E-state index in [1.165, 1.54) is 12.0 Å². The number of amides is 2. The molecule has 0 aromatic heterocycles. The van der Waals surface area contributed by atoms with Gasteiger partial charge in [0.1, 0.15) is 6.04 Å². The lowest BCUT2D eigenvalue weighted by molar-refractivity contribution is -0.146. The molecule has 9 nitrogen and oxygen atoms in total. The predicted octanol–water partition coefficient (Wildman–Crippen LogP) is -1.44. The number of ether oxygens (including phenoxy) is 2. The molecule has 2 aliphatic heterocycles. The molecule has 0 aromatic carbocycles. The number of urea groups is 1. The molecule has 0 aliphatic carbocycles. The molecule has 0 spiro atoms. The maximum atomic E-state index is 12.4. The van der Waals surface area contributed by atoms with Crippen molar-refractivity contribution in [2.75, 3.05) is 59.3 Å². The molecule has 2 amide bonds. The Morgan fingerprint density at radius 2 is 1.73 bits per heavy atom. The zero-order valence-corrected chi connectivity index (χ0v) is 13.5. The van der Waals surface area contributed by atoms with E-state index in [0.717, 1.165) is 10.6 Å². The Kier molecular flexibility index (Phi) is 5.24. The Bertz CT molecular complexity index is 531. The van der Waals surface area contributed by atoms with Gasteiger partial charge in [-0.05, 0) is 0 Å². The molecular formula is C12H21N3O6S. The van der Waals surface area contributed by atoms with Gasteiger partial charge < -0.3 is 19.3 Å². The second-order valence-corrected chi connectivity index (χ2v) is 7.18. The van der Waals surface area contributed by atoms with Gasteiger partial charge in [-0.1, -0.05) is 0 Å². The zero-order valence-electron chi connectivity index (χ0n) is 12.7. The van der Waals surface area contributed by atoms with Gasteiger partial charge in [-0.3, -0.25) is 4.79 Å². The minimum absolute atomic E-state index is 0.00403. The van der Waals surface area contributed by atoms with Crippen LogP contribution in [0.4, 0.5) is 4.79 Å². The number of nitrogens with zero attached hydrogens (tertiary/aromatic N) is 3. The fourth-order valence-corrected chi connectivity index (χ4v) is 3.65. The molecule has 22 heavy (non-hydrogen) atoms. The summed E-state index contributed by atoms with van der Waals surface area (Å²) in [6.45, 7) is 2.27. The van der Waals surface area contributed by atoms with Crippen molar-refractivity contribution in [3.8, 4) is 0 Å².